The quantitative estimate of drug-likeness (QED) is 0.372. The molecule has 0 saturated carbocycles. The molecule has 0 bridgehead atoms. The minimum atomic E-state index is -0.237. The van der Waals surface area contributed by atoms with Crippen LogP contribution in [-0.2, 0) is 0 Å². The van der Waals surface area contributed by atoms with Gasteiger partial charge in [0.05, 0.1) is 13.2 Å². The van der Waals surface area contributed by atoms with E-state index in [1.165, 1.54) is 0 Å². The highest BCUT2D eigenvalue weighted by atomic mass is 16.5. The van der Waals surface area contributed by atoms with Crippen molar-refractivity contribution in [1.29, 1.82) is 0 Å². The fourth-order valence-corrected chi connectivity index (χ4v) is 3.33. The average molecular weight is 444 g/mol. The summed E-state index contributed by atoms with van der Waals surface area (Å²) in [5.74, 6) is 1.85. The lowest BCUT2D eigenvalue weighted by Gasteiger charge is -2.13. The number of hydrogen-bond acceptors (Lipinski definition) is 6. The molecule has 168 valence electrons. The first-order valence-corrected chi connectivity index (χ1v) is 10.8. The molecule has 1 heterocycles. The third-order valence-corrected chi connectivity index (χ3v) is 4.89. The summed E-state index contributed by atoms with van der Waals surface area (Å²) in [5.41, 5.74) is 3.84. The Kier molecular flexibility index (Phi) is 6.69. The molecule has 0 saturated heterocycles. The third-order valence-electron chi connectivity index (χ3n) is 4.89. The second kappa shape index (κ2) is 9.99. The summed E-state index contributed by atoms with van der Waals surface area (Å²) >= 11 is 0. The molecule has 0 aliphatic heterocycles. The van der Waals surface area contributed by atoms with Crippen molar-refractivity contribution in [3.63, 3.8) is 0 Å². The first kappa shape index (κ1) is 22.1. The number of rotatable bonds is 8. The van der Waals surface area contributed by atoms with Crippen LogP contribution in [0.5, 0.6) is 11.5 Å². The fourth-order valence-electron chi connectivity index (χ4n) is 3.33. The number of hydrogen-bond donors (Lipinski definition) is 1. The number of carbonyl (C=O) groups is 1. The van der Waals surface area contributed by atoms with Crippen LogP contribution in [-0.4, -0.2) is 29.3 Å². The van der Waals surface area contributed by atoms with Crippen LogP contribution < -0.4 is 14.8 Å². The smallest absolute Gasteiger partial charge is 0.255 e. The highest BCUT2D eigenvalue weighted by Crippen LogP contribution is 2.31. The van der Waals surface area contributed by atoms with E-state index in [4.69, 9.17) is 13.9 Å². The summed E-state index contributed by atoms with van der Waals surface area (Å²) in [6.45, 7) is 6.85. The van der Waals surface area contributed by atoms with Crippen molar-refractivity contribution >= 4 is 11.6 Å². The zero-order chi connectivity index (χ0) is 23.2. The molecule has 0 aliphatic carbocycles. The molecular weight excluding hydrogens is 418 g/mol. The van der Waals surface area contributed by atoms with Crippen LogP contribution in [0.15, 0.2) is 71.1 Å². The van der Waals surface area contributed by atoms with Crippen molar-refractivity contribution < 1.29 is 18.7 Å². The lowest BCUT2D eigenvalue weighted by molar-refractivity contribution is 0.102. The molecule has 4 aromatic rings. The Bertz CT molecular complexity index is 1250. The standard InChI is InChI=1S/C26H25N3O4/c1-4-31-22-14-13-21(16-23(22)32-5-2)27-24(30)18-9-11-19(12-10-18)25-28-29-26(33-25)20-8-6-7-17(3)15-20/h6-16H,4-5H2,1-3H3,(H,27,30). The summed E-state index contributed by atoms with van der Waals surface area (Å²) in [4.78, 5) is 12.7. The minimum Gasteiger partial charge on any atom is -0.490 e. The van der Waals surface area contributed by atoms with E-state index in [1.807, 2.05) is 45.0 Å². The molecule has 1 aromatic heterocycles. The van der Waals surface area contributed by atoms with Gasteiger partial charge in [0.1, 0.15) is 0 Å². The Labute approximate surface area is 192 Å². The number of benzene rings is 3. The Balaban J connectivity index is 1.47. The first-order chi connectivity index (χ1) is 16.1. The molecule has 33 heavy (non-hydrogen) atoms. The maximum Gasteiger partial charge on any atom is 0.255 e. The van der Waals surface area contributed by atoms with E-state index in [-0.39, 0.29) is 5.91 Å². The molecule has 0 radical (unpaired) electrons. The van der Waals surface area contributed by atoms with Gasteiger partial charge in [-0.1, -0.05) is 17.7 Å². The van der Waals surface area contributed by atoms with Crippen molar-refractivity contribution in [2.45, 2.75) is 20.8 Å². The van der Waals surface area contributed by atoms with Crippen LogP contribution in [0.3, 0.4) is 0 Å². The highest BCUT2D eigenvalue weighted by Gasteiger charge is 2.13. The lowest BCUT2D eigenvalue weighted by Crippen LogP contribution is -2.12. The van der Waals surface area contributed by atoms with Crippen molar-refractivity contribution in [1.82, 2.24) is 10.2 Å². The Hall–Kier alpha value is -4.13. The zero-order valence-corrected chi connectivity index (χ0v) is 18.8. The summed E-state index contributed by atoms with van der Waals surface area (Å²) < 4.78 is 17.0. The van der Waals surface area contributed by atoms with Crippen molar-refractivity contribution in [3.8, 4) is 34.4 Å². The van der Waals surface area contributed by atoms with Gasteiger partial charge in [-0.05, 0) is 69.3 Å². The van der Waals surface area contributed by atoms with E-state index >= 15 is 0 Å². The Morgan fingerprint density at radius 1 is 0.848 bits per heavy atom. The number of carbonyl (C=O) groups excluding carboxylic acids is 1. The predicted molar refractivity (Wildman–Crippen MR) is 127 cm³/mol. The maximum absolute atomic E-state index is 12.7. The Morgan fingerprint density at radius 2 is 1.55 bits per heavy atom. The fraction of sp³-hybridized carbons (Fsp3) is 0.192. The maximum atomic E-state index is 12.7. The molecule has 0 aliphatic rings. The van der Waals surface area contributed by atoms with Crippen LogP contribution >= 0.6 is 0 Å². The number of aryl methyl sites for hydroxylation is 1. The van der Waals surface area contributed by atoms with Gasteiger partial charge >= 0.3 is 0 Å². The lowest BCUT2D eigenvalue weighted by atomic mass is 10.1. The van der Waals surface area contributed by atoms with Gasteiger partial charge in [-0.2, -0.15) is 0 Å². The second-order valence-corrected chi connectivity index (χ2v) is 7.34. The van der Waals surface area contributed by atoms with Gasteiger partial charge in [0, 0.05) is 28.4 Å². The minimum absolute atomic E-state index is 0.237. The van der Waals surface area contributed by atoms with Gasteiger partial charge in [0.15, 0.2) is 11.5 Å². The van der Waals surface area contributed by atoms with E-state index in [9.17, 15) is 4.79 Å². The number of amides is 1. The summed E-state index contributed by atoms with van der Waals surface area (Å²) in [6, 6.07) is 20.2. The van der Waals surface area contributed by atoms with E-state index in [1.54, 1.807) is 42.5 Å². The zero-order valence-electron chi connectivity index (χ0n) is 18.8. The van der Waals surface area contributed by atoms with Crippen molar-refractivity contribution in [3.05, 3.63) is 77.9 Å². The van der Waals surface area contributed by atoms with Crippen LogP contribution in [0.25, 0.3) is 22.9 Å². The predicted octanol–water partition coefficient (Wildman–Crippen LogP) is 5.76. The van der Waals surface area contributed by atoms with Gasteiger partial charge in [-0.25, -0.2) is 0 Å². The third kappa shape index (κ3) is 5.20. The number of ether oxygens (including phenoxy) is 2. The number of anilines is 1. The van der Waals surface area contributed by atoms with E-state index in [0.29, 0.717) is 47.7 Å². The molecule has 0 atom stereocenters. The Morgan fingerprint density at radius 3 is 2.24 bits per heavy atom. The summed E-state index contributed by atoms with van der Waals surface area (Å²) in [7, 11) is 0. The topological polar surface area (TPSA) is 86.5 Å². The monoisotopic (exact) mass is 443 g/mol. The first-order valence-electron chi connectivity index (χ1n) is 10.8. The number of nitrogens with one attached hydrogen (secondary N) is 1. The van der Waals surface area contributed by atoms with Crippen LogP contribution in [0.2, 0.25) is 0 Å². The summed E-state index contributed by atoms with van der Waals surface area (Å²) in [6.07, 6.45) is 0. The van der Waals surface area contributed by atoms with E-state index < -0.39 is 0 Å². The summed E-state index contributed by atoms with van der Waals surface area (Å²) in [5, 5.41) is 11.2. The average Bonchev–Trinajstić information content (AvgIpc) is 3.32. The van der Waals surface area contributed by atoms with Crippen LogP contribution in [0.4, 0.5) is 5.69 Å². The van der Waals surface area contributed by atoms with Crippen molar-refractivity contribution in [2.24, 2.45) is 0 Å². The van der Waals surface area contributed by atoms with E-state index in [2.05, 4.69) is 15.5 Å². The molecule has 4 rings (SSSR count). The molecule has 1 amide bonds. The highest BCUT2D eigenvalue weighted by molar-refractivity contribution is 6.04. The molecule has 0 fully saturated rings. The van der Waals surface area contributed by atoms with Crippen LogP contribution in [0, 0.1) is 6.92 Å². The van der Waals surface area contributed by atoms with Gasteiger partial charge in [-0.3, -0.25) is 4.79 Å². The molecule has 3 aromatic carbocycles. The van der Waals surface area contributed by atoms with Gasteiger partial charge in [-0.15, -0.1) is 10.2 Å². The molecule has 0 spiro atoms. The normalized spacial score (nSPS) is 10.6. The molecule has 1 N–H and O–H groups in total. The van der Waals surface area contributed by atoms with Gasteiger partial charge < -0.3 is 19.2 Å². The largest absolute Gasteiger partial charge is 0.490 e. The van der Waals surface area contributed by atoms with Crippen LogP contribution in [0.1, 0.15) is 29.8 Å². The van der Waals surface area contributed by atoms with Gasteiger partial charge in [0.2, 0.25) is 11.8 Å². The molecule has 0 unspecified atom stereocenters. The molecule has 7 heteroatoms. The van der Waals surface area contributed by atoms with E-state index in [0.717, 1.165) is 16.7 Å². The molecular formula is C26H25N3O4. The van der Waals surface area contributed by atoms with Gasteiger partial charge in [0.25, 0.3) is 5.91 Å². The SMILES string of the molecule is CCOc1ccc(NC(=O)c2ccc(-c3nnc(-c4cccc(C)c4)o3)cc2)cc1OCC. The van der Waals surface area contributed by atoms with Crippen molar-refractivity contribution in [2.75, 3.05) is 18.5 Å². The number of aromatic nitrogens is 2. The second-order valence-electron chi connectivity index (χ2n) is 7.34. The number of nitrogens with zero attached hydrogens (tertiary/aromatic N) is 2. The molecule has 7 nitrogen and oxygen atoms in total.